The molecule has 0 radical (unpaired) electrons. The van der Waals surface area contributed by atoms with Crippen LogP contribution in [0.3, 0.4) is 0 Å². The minimum Gasteiger partial charge on any atom is -0.481 e. The van der Waals surface area contributed by atoms with Crippen LogP contribution in [0.4, 0.5) is 0 Å². The van der Waals surface area contributed by atoms with Crippen LogP contribution in [0.5, 0.6) is 5.88 Å². The van der Waals surface area contributed by atoms with Gasteiger partial charge in [-0.1, -0.05) is 51.4 Å². The van der Waals surface area contributed by atoms with Gasteiger partial charge in [0.2, 0.25) is 11.8 Å². The van der Waals surface area contributed by atoms with Gasteiger partial charge in [-0.25, -0.2) is 4.98 Å². The Morgan fingerprint density at radius 1 is 1.33 bits per heavy atom. The molecule has 2 heterocycles. The van der Waals surface area contributed by atoms with E-state index in [2.05, 4.69) is 60.0 Å². The number of halogens is 2. The molecular weight excluding hydrogens is 500 g/mol. The number of amides is 1. The average Bonchev–Trinajstić information content (AvgIpc) is 3.37. The molecule has 33 heavy (non-hydrogen) atoms. The third-order valence-electron chi connectivity index (χ3n) is 6.98. The van der Waals surface area contributed by atoms with Gasteiger partial charge in [-0.2, -0.15) is 0 Å². The maximum absolute atomic E-state index is 11.2. The second-order valence-corrected chi connectivity index (χ2v) is 11.0. The highest BCUT2D eigenvalue weighted by Crippen LogP contribution is 2.41. The number of benzene rings is 1. The van der Waals surface area contributed by atoms with E-state index in [-0.39, 0.29) is 11.4 Å². The summed E-state index contributed by atoms with van der Waals surface area (Å²) in [5.74, 6) is 2.23. The molecule has 1 aromatic carbocycles. The summed E-state index contributed by atoms with van der Waals surface area (Å²) in [7, 11) is 1.68. The van der Waals surface area contributed by atoms with Gasteiger partial charge in [-0.3, -0.25) is 4.79 Å². The van der Waals surface area contributed by atoms with Crippen molar-refractivity contribution in [3.8, 4) is 17.1 Å². The molecule has 1 aliphatic heterocycles. The Labute approximate surface area is 212 Å². The summed E-state index contributed by atoms with van der Waals surface area (Å²) in [4.78, 5) is 15.8. The predicted octanol–water partition coefficient (Wildman–Crippen LogP) is 7.70. The second kappa shape index (κ2) is 11.2. The zero-order valence-corrected chi connectivity index (χ0v) is 22.8. The van der Waals surface area contributed by atoms with Crippen LogP contribution in [0.1, 0.15) is 83.3 Å². The Bertz CT molecular complexity index is 994. The van der Waals surface area contributed by atoms with Crippen molar-refractivity contribution in [2.75, 3.05) is 7.11 Å². The summed E-state index contributed by atoms with van der Waals surface area (Å²) in [6.07, 6.45) is 7.44. The summed E-state index contributed by atoms with van der Waals surface area (Å²) in [5, 5.41) is 3.82. The number of hydrogen-bond acceptors (Lipinski definition) is 3. The van der Waals surface area contributed by atoms with Gasteiger partial charge in [0.05, 0.1) is 17.8 Å². The normalized spacial score (nSPS) is 21.5. The van der Waals surface area contributed by atoms with E-state index in [9.17, 15) is 4.79 Å². The first-order chi connectivity index (χ1) is 15.7. The van der Waals surface area contributed by atoms with Crippen LogP contribution < -0.4 is 10.1 Å². The van der Waals surface area contributed by atoms with E-state index in [0.29, 0.717) is 10.9 Å². The standard InChI is InChI=1S/C16H15BrClNO.C11H21NO/c1-9-6-7-10-8-13(19-16(20-2)14(9)10)11-4-3-5-12(17)15(11)18;1-4-11(7-5-9(2)3)8-6-10(13)12-11/h3-5,8-9H,6-7H2,1-2H3;9H,4-8H2,1-3H3,(H,12,13)/t9-;/m0./s1. The fourth-order valence-electron chi connectivity index (χ4n) is 4.80. The van der Waals surface area contributed by atoms with Gasteiger partial charge >= 0.3 is 0 Å². The van der Waals surface area contributed by atoms with Crippen molar-refractivity contribution in [2.24, 2.45) is 5.92 Å². The molecule has 0 bridgehead atoms. The number of pyridine rings is 1. The lowest BCUT2D eigenvalue weighted by molar-refractivity contribution is -0.119. The molecule has 0 spiro atoms. The lowest BCUT2D eigenvalue weighted by Crippen LogP contribution is -2.41. The number of nitrogens with one attached hydrogen (secondary N) is 1. The van der Waals surface area contributed by atoms with Gasteiger partial charge in [0.25, 0.3) is 0 Å². The van der Waals surface area contributed by atoms with Crippen molar-refractivity contribution < 1.29 is 9.53 Å². The first-order valence-corrected chi connectivity index (χ1v) is 13.2. The first-order valence-electron chi connectivity index (χ1n) is 12.0. The average molecular weight is 536 g/mol. The maximum atomic E-state index is 11.2. The monoisotopic (exact) mass is 534 g/mol. The maximum Gasteiger partial charge on any atom is 0.220 e. The van der Waals surface area contributed by atoms with Gasteiger partial charge in [0, 0.05) is 27.6 Å². The lowest BCUT2D eigenvalue weighted by atomic mass is 9.86. The third kappa shape index (κ3) is 6.10. The van der Waals surface area contributed by atoms with Crippen molar-refractivity contribution in [3.05, 3.63) is 44.9 Å². The van der Waals surface area contributed by atoms with Crippen LogP contribution >= 0.6 is 27.5 Å². The minimum absolute atomic E-state index is 0.140. The van der Waals surface area contributed by atoms with Crippen LogP contribution in [0.2, 0.25) is 5.02 Å². The molecule has 180 valence electrons. The summed E-state index contributed by atoms with van der Waals surface area (Å²) in [5.41, 5.74) is 4.53. The van der Waals surface area contributed by atoms with Crippen molar-refractivity contribution in [1.82, 2.24) is 10.3 Å². The van der Waals surface area contributed by atoms with Gasteiger partial charge in [0.15, 0.2) is 0 Å². The Kier molecular flexibility index (Phi) is 8.85. The highest BCUT2D eigenvalue weighted by Gasteiger charge is 2.35. The zero-order valence-electron chi connectivity index (χ0n) is 20.4. The Hall–Kier alpha value is -1.59. The van der Waals surface area contributed by atoms with Gasteiger partial charge in [-0.15, -0.1) is 0 Å². The van der Waals surface area contributed by atoms with E-state index in [0.717, 1.165) is 66.1 Å². The largest absolute Gasteiger partial charge is 0.481 e. The molecule has 0 saturated carbocycles. The molecule has 4 nitrogen and oxygen atoms in total. The number of aryl methyl sites for hydroxylation is 1. The number of fused-ring (bicyclic) bond motifs is 1. The van der Waals surface area contributed by atoms with E-state index in [1.165, 1.54) is 17.5 Å². The molecule has 1 unspecified atom stereocenters. The fraction of sp³-hybridized carbons (Fsp3) is 0.556. The predicted molar refractivity (Wildman–Crippen MR) is 140 cm³/mol. The molecule has 1 amide bonds. The molecule has 4 rings (SSSR count). The van der Waals surface area contributed by atoms with Crippen molar-refractivity contribution in [1.29, 1.82) is 0 Å². The van der Waals surface area contributed by atoms with Crippen LogP contribution in [0.15, 0.2) is 28.7 Å². The molecule has 1 N–H and O–H groups in total. The molecule has 1 fully saturated rings. The molecule has 1 aliphatic carbocycles. The molecule has 6 heteroatoms. The number of methoxy groups -OCH3 is 1. The number of aromatic nitrogens is 1. The van der Waals surface area contributed by atoms with Crippen molar-refractivity contribution >= 4 is 33.4 Å². The second-order valence-electron chi connectivity index (χ2n) is 9.75. The summed E-state index contributed by atoms with van der Waals surface area (Å²) < 4.78 is 6.37. The summed E-state index contributed by atoms with van der Waals surface area (Å²) in [6.45, 7) is 8.87. The van der Waals surface area contributed by atoms with Crippen LogP contribution in [0.25, 0.3) is 11.3 Å². The number of ether oxygens (including phenoxy) is 1. The Morgan fingerprint density at radius 2 is 2.09 bits per heavy atom. The number of nitrogens with zero attached hydrogens (tertiary/aromatic N) is 1. The Morgan fingerprint density at radius 3 is 2.70 bits per heavy atom. The zero-order chi connectivity index (χ0) is 24.2. The third-order valence-corrected chi connectivity index (χ3v) is 8.28. The first kappa shape index (κ1) is 26.0. The minimum atomic E-state index is 0.140. The van der Waals surface area contributed by atoms with Gasteiger partial charge < -0.3 is 10.1 Å². The van der Waals surface area contributed by atoms with Crippen LogP contribution in [-0.4, -0.2) is 23.5 Å². The molecule has 1 saturated heterocycles. The SMILES string of the molecule is CCC1(CCC(C)C)CCC(=O)N1.COc1nc(-c2cccc(Br)c2Cl)cc2c1[C@@H](C)CC2. The Balaban J connectivity index is 0.000000205. The van der Waals surface area contributed by atoms with Crippen molar-refractivity contribution in [3.63, 3.8) is 0 Å². The molecule has 2 aliphatic rings. The van der Waals surface area contributed by atoms with Crippen LogP contribution in [0, 0.1) is 5.92 Å². The molecular formula is C27H36BrClN2O2. The van der Waals surface area contributed by atoms with Gasteiger partial charge in [0.1, 0.15) is 0 Å². The summed E-state index contributed by atoms with van der Waals surface area (Å²) in [6, 6.07) is 8.03. The fourth-order valence-corrected chi connectivity index (χ4v) is 5.38. The number of carbonyl (C=O) groups is 1. The van der Waals surface area contributed by atoms with Crippen molar-refractivity contribution in [2.45, 2.75) is 84.1 Å². The van der Waals surface area contributed by atoms with E-state index in [1.807, 2.05) is 18.2 Å². The highest BCUT2D eigenvalue weighted by molar-refractivity contribution is 9.10. The van der Waals surface area contributed by atoms with E-state index in [1.54, 1.807) is 7.11 Å². The summed E-state index contributed by atoms with van der Waals surface area (Å²) >= 11 is 9.84. The lowest BCUT2D eigenvalue weighted by Gasteiger charge is -2.28. The van der Waals surface area contributed by atoms with E-state index < -0.39 is 0 Å². The van der Waals surface area contributed by atoms with Gasteiger partial charge in [-0.05, 0) is 84.0 Å². The quantitative estimate of drug-likeness (QED) is 0.412. The topological polar surface area (TPSA) is 51.2 Å². The van der Waals surface area contributed by atoms with E-state index >= 15 is 0 Å². The van der Waals surface area contributed by atoms with E-state index in [4.69, 9.17) is 16.3 Å². The number of carbonyl (C=O) groups excluding carboxylic acids is 1. The smallest absolute Gasteiger partial charge is 0.220 e. The molecule has 2 aromatic rings. The number of rotatable bonds is 6. The van der Waals surface area contributed by atoms with Crippen LogP contribution in [-0.2, 0) is 11.2 Å². The number of hydrogen-bond donors (Lipinski definition) is 1. The molecule has 1 aromatic heterocycles. The molecule has 2 atom stereocenters. The highest BCUT2D eigenvalue weighted by atomic mass is 79.9.